The Bertz CT molecular complexity index is 954. The zero-order valence-corrected chi connectivity index (χ0v) is 15.5. The maximum atomic E-state index is 11.3. The third-order valence-corrected chi connectivity index (χ3v) is 4.37. The van der Waals surface area contributed by atoms with Crippen LogP contribution in [0.25, 0.3) is 22.0 Å². The number of carboxylic acids is 1. The molecular formula is C22H23NO3. The van der Waals surface area contributed by atoms with Crippen molar-refractivity contribution in [1.82, 2.24) is 4.98 Å². The van der Waals surface area contributed by atoms with Gasteiger partial charge >= 0.3 is 5.97 Å². The lowest BCUT2D eigenvalue weighted by atomic mass is 9.86. The van der Waals surface area contributed by atoms with Gasteiger partial charge in [-0.1, -0.05) is 45.0 Å². The van der Waals surface area contributed by atoms with E-state index in [1.54, 1.807) is 18.2 Å². The second kappa shape index (κ2) is 6.79. The molecule has 0 spiro atoms. The second-order valence-electron chi connectivity index (χ2n) is 7.31. The molecule has 0 aliphatic carbocycles. The van der Waals surface area contributed by atoms with Crippen molar-refractivity contribution in [1.29, 1.82) is 0 Å². The summed E-state index contributed by atoms with van der Waals surface area (Å²) >= 11 is 0. The Hall–Kier alpha value is -2.88. The highest BCUT2D eigenvalue weighted by Gasteiger charge is 2.15. The van der Waals surface area contributed by atoms with Crippen LogP contribution in [0.3, 0.4) is 0 Å². The molecule has 0 aliphatic rings. The van der Waals surface area contributed by atoms with E-state index in [4.69, 9.17) is 4.74 Å². The molecule has 0 bridgehead atoms. The van der Waals surface area contributed by atoms with Crippen molar-refractivity contribution in [3.63, 3.8) is 0 Å². The summed E-state index contributed by atoms with van der Waals surface area (Å²) in [7, 11) is 0. The molecule has 26 heavy (non-hydrogen) atoms. The van der Waals surface area contributed by atoms with E-state index >= 15 is 0 Å². The number of hydrogen-bond acceptors (Lipinski definition) is 3. The van der Waals surface area contributed by atoms with Crippen molar-refractivity contribution in [2.45, 2.75) is 33.1 Å². The van der Waals surface area contributed by atoms with E-state index < -0.39 is 5.97 Å². The minimum atomic E-state index is -0.947. The molecule has 0 amide bonds. The molecule has 0 saturated carbocycles. The number of nitrogens with zero attached hydrogens (tertiary/aromatic N) is 1. The molecular weight excluding hydrogens is 326 g/mol. The summed E-state index contributed by atoms with van der Waals surface area (Å²) in [6.07, 6.45) is 0. The van der Waals surface area contributed by atoms with Crippen LogP contribution >= 0.6 is 0 Å². The lowest BCUT2D eigenvalue weighted by Crippen LogP contribution is -2.10. The molecule has 0 radical (unpaired) electrons. The Morgan fingerprint density at radius 3 is 2.35 bits per heavy atom. The van der Waals surface area contributed by atoms with Gasteiger partial charge in [0.1, 0.15) is 0 Å². The van der Waals surface area contributed by atoms with Gasteiger partial charge in [-0.25, -0.2) is 9.78 Å². The Morgan fingerprint density at radius 2 is 1.77 bits per heavy atom. The van der Waals surface area contributed by atoms with Crippen LogP contribution in [0.4, 0.5) is 0 Å². The number of hydrogen-bond donors (Lipinski definition) is 1. The normalized spacial score (nSPS) is 11.5. The van der Waals surface area contributed by atoms with E-state index in [2.05, 4.69) is 37.9 Å². The van der Waals surface area contributed by atoms with Gasteiger partial charge in [0.2, 0.25) is 5.88 Å². The molecule has 1 aromatic heterocycles. The van der Waals surface area contributed by atoms with Crippen LogP contribution in [-0.4, -0.2) is 22.7 Å². The molecule has 0 fully saturated rings. The van der Waals surface area contributed by atoms with Gasteiger partial charge in [-0.2, -0.15) is 0 Å². The van der Waals surface area contributed by atoms with Crippen LogP contribution in [0.5, 0.6) is 5.88 Å². The predicted octanol–water partition coefficient (Wildman–Crippen LogP) is 5.30. The quantitative estimate of drug-likeness (QED) is 0.695. The van der Waals surface area contributed by atoms with Crippen molar-refractivity contribution in [3.8, 4) is 17.1 Å². The number of ether oxygens (including phenoxy) is 1. The standard InChI is InChI=1S/C22H23NO3/c1-5-26-20-18-11-8-15(21(24)25)12-16(18)13-19(23-20)14-6-9-17(10-7-14)22(2,3)4/h6-13H,5H2,1-4H3,(H,24,25). The highest BCUT2D eigenvalue weighted by atomic mass is 16.5. The largest absolute Gasteiger partial charge is 0.478 e. The number of aromatic nitrogens is 1. The van der Waals surface area contributed by atoms with Crippen molar-refractivity contribution in [2.75, 3.05) is 6.61 Å². The van der Waals surface area contributed by atoms with E-state index in [0.29, 0.717) is 12.5 Å². The minimum absolute atomic E-state index is 0.0855. The highest BCUT2D eigenvalue weighted by Crippen LogP contribution is 2.31. The Balaban J connectivity index is 2.14. The molecule has 134 valence electrons. The summed E-state index contributed by atoms with van der Waals surface area (Å²) in [5.41, 5.74) is 3.33. The van der Waals surface area contributed by atoms with E-state index in [-0.39, 0.29) is 11.0 Å². The number of aromatic carboxylic acids is 1. The number of benzene rings is 2. The first-order chi connectivity index (χ1) is 12.3. The molecule has 4 heteroatoms. The maximum Gasteiger partial charge on any atom is 0.335 e. The molecule has 1 heterocycles. The van der Waals surface area contributed by atoms with Gasteiger partial charge in [0.25, 0.3) is 0 Å². The highest BCUT2D eigenvalue weighted by molar-refractivity contribution is 5.97. The fourth-order valence-corrected chi connectivity index (χ4v) is 2.89. The van der Waals surface area contributed by atoms with Gasteiger partial charge in [0, 0.05) is 10.9 Å². The average Bonchev–Trinajstić information content (AvgIpc) is 2.60. The summed E-state index contributed by atoms with van der Waals surface area (Å²) in [5, 5.41) is 10.9. The minimum Gasteiger partial charge on any atom is -0.478 e. The van der Waals surface area contributed by atoms with Gasteiger partial charge in [0.05, 0.1) is 17.9 Å². The smallest absolute Gasteiger partial charge is 0.335 e. The summed E-state index contributed by atoms with van der Waals surface area (Å²) in [6.45, 7) is 8.93. The molecule has 3 rings (SSSR count). The lowest BCUT2D eigenvalue weighted by Gasteiger charge is -2.19. The maximum absolute atomic E-state index is 11.3. The summed E-state index contributed by atoms with van der Waals surface area (Å²) in [5.74, 6) is -0.422. The van der Waals surface area contributed by atoms with Gasteiger partial charge in [0.15, 0.2) is 0 Å². The van der Waals surface area contributed by atoms with Crippen LogP contribution in [0, 0.1) is 0 Å². The van der Waals surface area contributed by atoms with Crippen LogP contribution in [0.15, 0.2) is 48.5 Å². The number of carboxylic acid groups (broad SMARTS) is 1. The zero-order valence-electron chi connectivity index (χ0n) is 15.5. The van der Waals surface area contributed by atoms with Gasteiger partial charge in [-0.3, -0.25) is 0 Å². The third-order valence-electron chi connectivity index (χ3n) is 4.37. The van der Waals surface area contributed by atoms with Crippen molar-refractivity contribution in [3.05, 3.63) is 59.7 Å². The number of rotatable bonds is 4. The predicted molar refractivity (Wildman–Crippen MR) is 104 cm³/mol. The number of carbonyl (C=O) groups is 1. The van der Waals surface area contributed by atoms with Gasteiger partial charge < -0.3 is 9.84 Å². The molecule has 0 saturated heterocycles. The van der Waals surface area contributed by atoms with Gasteiger partial charge in [-0.15, -0.1) is 0 Å². The third kappa shape index (κ3) is 3.54. The Labute approximate surface area is 153 Å². The van der Waals surface area contributed by atoms with Crippen LogP contribution in [-0.2, 0) is 5.41 Å². The number of fused-ring (bicyclic) bond motifs is 1. The Morgan fingerprint density at radius 1 is 1.08 bits per heavy atom. The van der Waals surface area contributed by atoms with E-state index in [0.717, 1.165) is 22.0 Å². The molecule has 3 aromatic rings. The first-order valence-corrected chi connectivity index (χ1v) is 8.71. The van der Waals surface area contributed by atoms with Crippen LogP contribution in [0.1, 0.15) is 43.6 Å². The average molecular weight is 349 g/mol. The molecule has 0 aliphatic heterocycles. The summed E-state index contributed by atoms with van der Waals surface area (Å²) in [4.78, 5) is 16.0. The second-order valence-corrected chi connectivity index (χ2v) is 7.31. The van der Waals surface area contributed by atoms with Crippen molar-refractivity contribution < 1.29 is 14.6 Å². The molecule has 4 nitrogen and oxygen atoms in total. The van der Waals surface area contributed by atoms with E-state index in [1.165, 1.54) is 5.56 Å². The monoisotopic (exact) mass is 349 g/mol. The zero-order chi connectivity index (χ0) is 18.9. The first-order valence-electron chi connectivity index (χ1n) is 8.71. The SMILES string of the molecule is CCOc1nc(-c2ccc(C(C)(C)C)cc2)cc2cc(C(=O)O)ccc12. The van der Waals surface area contributed by atoms with E-state index in [9.17, 15) is 9.90 Å². The molecule has 1 N–H and O–H groups in total. The summed E-state index contributed by atoms with van der Waals surface area (Å²) in [6, 6.07) is 15.2. The number of pyridine rings is 1. The molecule has 0 atom stereocenters. The van der Waals surface area contributed by atoms with Crippen molar-refractivity contribution in [2.24, 2.45) is 0 Å². The van der Waals surface area contributed by atoms with Crippen LogP contribution < -0.4 is 4.74 Å². The fraction of sp³-hybridized carbons (Fsp3) is 0.273. The first kappa shape index (κ1) is 17.9. The topological polar surface area (TPSA) is 59.4 Å². The Kier molecular flexibility index (Phi) is 4.68. The fourth-order valence-electron chi connectivity index (χ4n) is 2.89. The van der Waals surface area contributed by atoms with Crippen LogP contribution in [0.2, 0.25) is 0 Å². The summed E-state index contributed by atoms with van der Waals surface area (Å²) < 4.78 is 5.70. The van der Waals surface area contributed by atoms with E-state index in [1.807, 2.05) is 25.1 Å². The van der Waals surface area contributed by atoms with Gasteiger partial charge in [-0.05, 0) is 47.6 Å². The molecule has 0 unspecified atom stereocenters. The lowest BCUT2D eigenvalue weighted by molar-refractivity contribution is 0.0697. The molecule has 2 aromatic carbocycles. The van der Waals surface area contributed by atoms with Crippen molar-refractivity contribution >= 4 is 16.7 Å².